The minimum atomic E-state index is -3.24. The van der Waals surface area contributed by atoms with Gasteiger partial charge in [0.15, 0.2) is 9.84 Å². The molecule has 0 bridgehead atoms. The number of hydrogen-bond acceptors (Lipinski definition) is 4. The van der Waals surface area contributed by atoms with Crippen LogP contribution in [0.1, 0.15) is 22.4 Å². The molecule has 0 unspecified atom stereocenters. The average molecular weight is 432 g/mol. The van der Waals surface area contributed by atoms with Crippen LogP contribution in [0.5, 0.6) is 0 Å². The van der Waals surface area contributed by atoms with Gasteiger partial charge in [0.1, 0.15) is 5.82 Å². The molecular weight excluding hydrogens is 410 g/mol. The van der Waals surface area contributed by atoms with Crippen molar-refractivity contribution in [1.82, 2.24) is 9.78 Å². The Balaban J connectivity index is 1.52. The molecule has 6 nitrogen and oxygen atoms in total. The summed E-state index contributed by atoms with van der Waals surface area (Å²) < 4.78 is 26.0. The molecule has 0 spiro atoms. The number of nitrogens with zero attached hydrogens (tertiary/aromatic N) is 2. The number of anilines is 1. The van der Waals surface area contributed by atoms with Crippen LogP contribution in [0.15, 0.2) is 66.7 Å². The monoisotopic (exact) mass is 431 g/mol. The third-order valence-electron chi connectivity index (χ3n) is 5.62. The van der Waals surface area contributed by atoms with E-state index in [1.165, 1.54) is 0 Å². The van der Waals surface area contributed by atoms with E-state index in [9.17, 15) is 13.2 Å². The van der Waals surface area contributed by atoms with Gasteiger partial charge >= 0.3 is 0 Å². The zero-order valence-corrected chi connectivity index (χ0v) is 17.8. The molecule has 2 heterocycles. The predicted molar refractivity (Wildman–Crippen MR) is 121 cm³/mol. The van der Waals surface area contributed by atoms with E-state index in [4.69, 9.17) is 0 Å². The molecule has 1 N–H and O–H groups in total. The van der Waals surface area contributed by atoms with Gasteiger partial charge in [-0.3, -0.25) is 4.79 Å². The fourth-order valence-corrected chi connectivity index (χ4v) is 5.64. The lowest BCUT2D eigenvalue weighted by molar-refractivity contribution is -0.115. The van der Waals surface area contributed by atoms with Crippen LogP contribution in [0.3, 0.4) is 0 Å². The van der Waals surface area contributed by atoms with Crippen molar-refractivity contribution in [1.29, 1.82) is 0 Å². The Morgan fingerprint density at radius 2 is 1.74 bits per heavy atom. The lowest BCUT2D eigenvalue weighted by atomic mass is 10.0. The van der Waals surface area contributed by atoms with E-state index in [1.807, 2.05) is 73.7 Å². The maximum Gasteiger partial charge on any atom is 0.229 e. The van der Waals surface area contributed by atoms with E-state index in [0.29, 0.717) is 17.1 Å². The second-order valence-electron chi connectivity index (χ2n) is 7.87. The number of carbonyl (C=O) groups excluding carboxylic acids is 1. The summed E-state index contributed by atoms with van der Waals surface area (Å²) >= 11 is 0. The molecule has 0 saturated carbocycles. The highest BCUT2D eigenvalue weighted by Gasteiger charge is 2.33. The van der Waals surface area contributed by atoms with Crippen LogP contribution >= 0.6 is 0 Å². The van der Waals surface area contributed by atoms with Crippen molar-refractivity contribution in [2.75, 3.05) is 5.32 Å². The van der Waals surface area contributed by atoms with Crippen molar-refractivity contribution in [3.8, 4) is 5.69 Å². The molecule has 0 atom stereocenters. The number of benzene rings is 3. The van der Waals surface area contributed by atoms with Crippen LogP contribution in [0.25, 0.3) is 16.5 Å². The number of aryl methyl sites for hydroxylation is 1. The Morgan fingerprint density at radius 3 is 2.58 bits per heavy atom. The summed E-state index contributed by atoms with van der Waals surface area (Å²) in [7, 11) is -3.24. The summed E-state index contributed by atoms with van der Waals surface area (Å²) in [6.07, 6.45) is 0.182. The van der Waals surface area contributed by atoms with E-state index < -0.39 is 9.84 Å². The van der Waals surface area contributed by atoms with Gasteiger partial charge in [-0.25, -0.2) is 13.1 Å². The molecule has 156 valence electrons. The largest absolute Gasteiger partial charge is 0.310 e. The van der Waals surface area contributed by atoms with Gasteiger partial charge in [0.2, 0.25) is 5.91 Å². The topological polar surface area (TPSA) is 81.1 Å². The SMILES string of the molecule is Cc1ccccc1-n1nc2c(c1NC(=O)Cc1cccc3ccccc13)CS(=O)(=O)C2. The van der Waals surface area contributed by atoms with Crippen molar-refractivity contribution in [2.24, 2.45) is 0 Å². The van der Waals surface area contributed by atoms with Gasteiger partial charge in [0.05, 0.1) is 29.3 Å². The molecule has 4 aromatic rings. The van der Waals surface area contributed by atoms with Crippen LogP contribution in [-0.2, 0) is 32.6 Å². The maximum absolute atomic E-state index is 13.1. The summed E-state index contributed by atoms with van der Waals surface area (Å²) in [6.45, 7) is 1.96. The van der Waals surface area contributed by atoms with Crippen LogP contribution in [0.2, 0.25) is 0 Å². The quantitative estimate of drug-likeness (QED) is 0.531. The van der Waals surface area contributed by atoms with Gasteiger partial charge in [0.25, 0.3) is 0 Å². The smallest absolute Gasteiger partial charge is 0.229 e. The number of hydrogen-bond donors (Lipinski definition) is 1. The average Bonchev–Trinajstić information content (AvgIpc) is 3.21. The van der Waals surface area contributed by atoms with Crippen LogP contribution in [-0.4, -0.2) is 24.1 Å². The Labute approximate surface area is 180 Å². The molecule has 0 aliphatic carbocycles. The first-order chi connectivity index (χ1) is 14.9. The number of carbonyl (C=O) groups is 1. The summed E-state index contributed by atoms with van der Waals surface area (Å²) in [5.74, 6) is 0.0136. The summed E-state index contributed by atoms with van der Waals surface area (Å²) in [5, 5.41) is 9.62. The fourth-order valence-electron chi connectivity index (χ4n) is 4.14. The minimum Gasteiger partial charge on any atom is -0.310 e. The second kappa shape index (κ2) is 7.35. The van der Waals surface area contributed by atoms with Gasteiger partial charge in [-0.1, -0.05) is 60.7 Å². The highest BCUT2D eigenvalue weighted by atomic mass is 32.2. The minimum absolute atomic E-state index is 0.104. The number of fused-ring (bicyclic) bond motifs is 2. The first-order valence-corrected chi connectivity index (χ1v) is 11.9. The molecule has 0 fully saturated rings. The van der Waals surface area contributed by atoms with E-state index >= 15 is 0 Å². The lowest BCUT2D eigenvalue weighted by Crippen LogP contribution is -2.19. The van der Waals surface area contributed by atoms with Crippen molar-refractivity contribution < 1.29 is 13.2 Å². The van der Waals surface area contributed by atoms with Crippen molar-refractivity contribution in [2.45, 2.75) is 24.9 Å². The maximum atomic E-state index is 13.1. The predicted octanol–water partition coefficient (Wildman–Crippen LogP) is 3.94. The first kappa shape index (κ1) is 19.5. The standard InChI is InChI=1S/C24H21N3O3S/c1-16-7-2-5-12-22(16)27-24(20-14-31(29,30)15-21(20)26-27)25-23(28)13-18-10-6-9-17-8-3-4-11-19(17)18/h2-12H,13-15H2,1H3,(H,25,28). The number of sulfone groups is 1. The summed E-state index contributed by atoms with van der Waals surface area (Å²) in [6, 6.07) is 21.5. The van der Waals surface area contributed by atoms with E-state index in [2.05, 4.69) is 10.4 Å². The van der Waals surface area contributed by atoms with Gasteiger partial charge in [0, 0.05) is 5.56 Å². The van der Waals surface area contributed by atoms with Crippen LogP contribution in [0, 0.1) is 6.92 Å². The molecular formula is C24H21N3O3S. The summed E-state index contributed by atoms with van der Waals surface area (Å²) in [4.78, 5) is 13.1. The molecule has 1 aromatic heterocycles. The third-order valence-corrected chi connectivity index (χ3v) is 7.06. The highest BCUT2D eigenvalue weighted by molar-refractivity contribution is 7.90. The van der Waals surface area contributed by atoms with Crippen LogP contribution < -0.4 is 5.32 Å². The van der Waals surface area contributed by atoms with Gasteiger partial charge in [-0.15, -0.1) is 0 Å². The fraction of sp³-hybridized carbons (Fsp3) is 0.167. The third kappa shape index (κ3) is 3.61. The van der Waals surface area contributed by atoms with Gasteiger partial charge in [-0.05, 0) is 34.9 Å². The first-order valence-electron chi connectivity index (χ1n) is 10.0. The van der Waals surface area contributed by atoms with E-state index in [1.54, 1.807) is 4.68 Å². The number of amides is 1. The molecule has 7 heteroatoms. The number of aromatic nitrogens is 2. The Bertz CT molecular complexity index is 1430. The molecule has 0 saturated heterocycles. The van der Waals surface area contributed by atoms with Crippen molar-refractivity contribution in [3.63, 3.8) is 0 Å². The van der Waals surface area contributed by atoms with Gasteiger partial charge < -0.3 is 5.32 Å². The Morgan fingerprint density at radius 1 is 1.00 bits per heavy atom. The Kier molecular flexibility index (Phi) is 4.63. The zero-order valence-electron chi connectivity index (χ0n) is 17.0. The molecule has 1 aliphatic rings. The highest BCUT2D eigenvalue weighted by Crippen LogP contribution is 2.33. The van der Waals surface area contributed by atoms with Crippen LogP contribution in [0.4, 0.5) is 5.82 Å². The van der Waals surface area contributed by atoms with E-state index in [-0.39, 0.29) is 23.8 Å². The number of rotatable bonds is 4. The zero-order chi connectivity index (χ0) is 21.6. The van der Waals surface area contributed by atoms with Crippen molar-refractivity contribution in [3.05, 3.63) is 89.1 Å². The molecule has 5 rings (SSSR count). The number of para-hydroxylation sites is 1. The normalized spacial score (nSPS) is 14.5. The summed E-state index contributed by atoms with van der Waals surface area (Å²) in [5.41, 5.74) is 3.80. The van der Waals surface area contributed by atoms with Gasteiger partial charge in [-0.2, -0.15) is 5.10 Å². The molecule has 0 radical (unpaired) electrons. The molecule has 3 aromatic carbocycles. The molecule has 1 aliphatic heterocycles. The van der Waals surface area contributed by atoms with E-state index in [0.717, 1.165) is 27.6 Å². The number of nitrogens with one attached hydrogen (secondary N) is 1. The molecule has 31 heavy (non-hydrogen) atoms. The lowest BCUT2D eigenvalue weighted by Gasteiger charge is -2.13. The Hall–Kier alpha value is -3.45. The molecule has 1 amide bonds. The van der Waals surface area contributed by atoms with Crippen molar-refractivity contribution >= 4 is 32.3 Å². The second-order valence-corrected chi connectivity index (χ2v) is 9.93.